The molecular formula is C11H10N2O4. The number of rotatable bonds is 1. The number of para-hydroxylation sites is 1. The molecule has 0 spiro atoms. The molecule has 1 fully saturated rings. The molecule has 0 aromatic heterocycles. The normalized spacial score (nSPS) is 15.4. The number of piperazine rings is 1. The van der Waals surface area contributed by atoms with Crippen molar-refractivity contribution in [3.8, 4) is 5.75 Å². The fourth-order valence-corrected chi connectivity index (χ4v) is 1.42. The minimum absolute atomic E-state index is 0.169. The maximum Gasteiger partial charge on any atom is 0.416 e. The summed E-state index contributed by atoms with van der Waals surface area (Å²) in [6.07, 6.45) is -0.709. The van der Waals surface area contributed by atoms with Crippen LogP contribution in [0.5, 0.6) is 5.75 Å². The lowest BCUT2D eigenvalue weighted by Gasteiger charge is -2.24. The monoisotopic (exact) mass is 234 g/mol. The zero-order chi connectivity index (χ0) is 12.3. The number of nitrogens with zero attached hydrogens (tertiary/aromatic N) is 1. The van der Waals surface area contributed by atoms with Crippen molar-refractivity contribution in [1.29, 1.82) is 0 Å². The van der Waals surface area contributed by atoms with Gasteiger partial charge in [-0.2, -0.15) is 0 Å². The van der Waals surface area contributed by atoms with Crippen LogP contribution in [-0.2, 0) is 9.59 Å². The lowest BCUT2D eigenvalue weighted by Crippen LogP contribution is -2.54. The van der Waals surface area contributed by atoms with Gasteiger partial charge in [-0.25, -0.2) is 4.79 Å². The van der Waals surface area contributed by atoms with Crippen LogP contribution in [0.4, 0.5) is 4.79 Å². The SMILES string of the molecule is O=C1CN(C(=O)Oc2ccccc2)CC(=O)N1. The maximum atomic E-state index is 11.6. The molecule has 0 unspecified atom stereocenters. The predicted molar refractivity (Wildman–Crippen MR) is 57.2 cm³/mol. The predicted octanol–water partition coefficient (Wildman–Crippen LogP) is 0.144. The Morgan fingerprint density at radius 1 is 1.12 bits per heavy atom. The van der Waals surface area contributed by atoms with Gasteiger partial charge in [-0.15, -0.1) is 0 Å². The van der Waals surface area contributed by atoms with Gasteiger partial charge in [-0.3, -0.25) is 19.8 Å². The van der Waals surface area contributed by atoms with E-state index in [9.17, 15) is 14.4 Å². The van der Waals surface area contributed by atoms with Crippen LogP contribution in [0.2, 0.25) is 0 Å². The van der Waals surface area contributed by atoms with Gasteiger partial charge in [0.25, 0.3) is 0 Å². The molecule has 0 bridgehead atoms. The molecule has 0 atom stereocenters. The molecule has 6 heteroatoms. The summed E-state index contributed by atoms with van der Waals surface area (Å²) in [6, 6.07) is 8.45. The molecule has 0 aliphatic carbocycles. The van der Waals surface area contributed by atoms with Gasteiger partial charge in [-0.05, 0) is 12.1 Å². The summed E-state index contributed by atoms with van der Waals surface area (Å²) in [4.78, 5) is 34.8. The number of carbonyl (C=O) groups is 3. The lowest BCUT2D eigenvalue weighted by atomic mass is 10.3. The van der Waals surface area contributed by atoms with Gasteiger partial charge >= 0.3 is 6.09 Å². The van der Waals surface area contributed by atoms with E-state index in [0.717, 1.165) is 4.90 Å². The van der Waals surface area contributed by atoms with Gasteiger partial charge in [0.2, 0.25) is 11.8 Å². The first-order chi connectivity index (χ1) is 8.15. The Morgan fingerprint density at radius 3 is 2.29 bits per heavy atom. The Bertz CT molecular complexity index is 442. The van der Waals surface area contributed by atoms with Crippen molar-refractivity contribution >= 4 is 17.9 Å². The highest BCUT2D eigenvalue weighted by Gasteiger charge is 2.27. The van der Waals surface area contributed by atoms with Gasteiger partial charge in [0.05, 0.1) is 0 Å². The average molecular weight is 234 g/mol. The molecule has 1 aromatic rings. The largest absolute Gasteiger partial charge is 0.416 e. The third-order valence-corrected chi connectivity index (χ3v) is 2.15. The number of hydrogen-bond donors (Lipinski definition) is 1. The summed E-state index contributed by atoms with van der Waals surface area (Å²) in [5.74, 6) is -0.645. The highest BCUT2D eigenvalue weighted by atomic mass is 16.6. The van der Waals surface area contributed by atoms with Crippen molar-refractivity contribution in [3.63, 3.8) is 0 Å². The fourth-order valence-electron chi connectivity index (χ4n) is 1.42. The lowest BCUT2D eigenvalue weighted by molar-refractivity contribution is -0.135. The first-order valence-electron chi connectivity index (χ1n) is 4.99. The number of ether oxygens (including phenoxy) is 1. The van der Waals surface area contributed by atoms with Crippen molar-refractivity contribution in [2.24, 2.45) is 0 Å². The van der Waals surface area contributed by atoms with Crippen LogP contribution >= 0.6 is 0 Å². The van der Waals surface area contributed by atoms with Crippen molar-refractivity contribution in [1.82, 2.24) is 10.2 Å². The van der Waals surface area contributed by atoms with Crippen LogP contribution in [0, 0.1) is 0 Å². The smallest absolute Gasteiger partial charge is 0.410 e. The zero-order valence-corrected chi connectivity index (χ0v) is 8.88. The maximum absolute atomic E-state index is 11.6. The van der Waals surface area contributed by atoms with Crippen molar-refractivity contribution in [2.75, 3.05) is 13.1 Å². The summed E-state index contributed by atoms with van der Waals surface area (Å²) in [5.41, 5.74) is 0. The van der Waals surface area contributed by atoms with Gasteiger partial charge in [0.15, 0.2) is 0 Å². The van der Waals surface area contributed by atoms with Crippen LogP contribution in [0.1, 0.15) is 0 Å². The summed E-state index contributed by atoms with van der Waals surface area (Å²) >= 11 is 0. The van der Waals surface area contributed by atoms with E-state index in [0.29, 0.717) is 5.75 Å². The topological polar surface area (TPSA) is 75.7 Å². The summed E-state index contributed by atoms with van der Waals surface area (Å²) < 4.78 is 5.01. The molecular weight excluding hydrogens is 224 g/mol. The second-order valence-electron chi connectivity index (χ2n) is 3.51. The molecule has 3 amide bonds. The van der Waals surface area contributed by atoms with Gasteiger partial charge < -0.3 is 4.74 Å². The number of benzene rings is 1. The highest BCUT2D eigenvalue weighted by Crippen LogP contribution is 2.10. The first kappa shape index (κ1) is 11.1. The van der Waals surface area contributed by atoms with Gasteiger partial charge in [-0.1, -0.05) is 18.2 Å². The first-order valence-corrected chi connectivity index (χ1v) is 4.99. The number of hydrogen-bond acceptors (Lipinski definition) is 4. The Kier molecular flexibility index (Phi) is 3.04. The molecule has 1 heterocycles. The number of carbonyl (C=O) groups excluding carboxylic acids is 3. The second kappa shape index (κ2) is 4.65. The van der Waals surface area contributed by atoms with Crippen LogP contribution in [-0.4, -0.2) is 35.9 Å². The standard InChI is InChI=1S/C11H10N2O4/c14-9-6-13(7-10(15)12-9)11(16)17-8-4-2-1-3-5-8/h1-5H,6-7H2,(H,12,14,15). The average Bonchev–Trinajstić information content (AvgIpc) is 2.29. The van der Waals surface area contributed by atoms with Crippen LogP contribution < -0.4 is 10.1 Å². The molecule has 0 radical (unpaired) electrons. The van der Waals surface area contributed by atoms with E-state index in [-0.39, 0.29) is 13.1 Å². The van der Waals surface area contributed by atoms with Crippen LogP contribution in [0.25, 0.3) is 0 Å². The van der Waals surface area contributed by atoms with E-state index in [4.69, 9.17) is 4.74 Å². The minimum Gasteiger partial charge on any atom is -0.410 e. The molecule has 1 saturated heterocycles. The molecule has 88 valence electrons. The summed E-state index contributed by atoms with van der Waals surface area (Å²) in [6.45, 7) is -0.338. The Morgan fingerprint density at radius 2 is 1.71 bits per heavy atom. The molecule has 0 saturated carbocycles. The second-order valence-corrected chi connectivity index (χ2v) is 3.51. The van der Waals surface area contributed by atoms with E-state index in [1.54, 1.807) is 30.3 Å². The molecule has 6 nitrogen and oxygen atoms in total. The van der Waals surface area contributed by atoms with Crippen molar-refractivity contribution < 1.29 is 19.1 Å². The van der Waals surface area contributed by atoms with Crippen LogP contribution in [0.15, 0.2) is 30.3 Å². The van der Waals surface area contributed by atoms with Gasteiger partial charge in [0.1, 0.15) is 18.8 Å². The molecule has 17 heavy (non-hydrogen) atoms. The van der Waals surface area contributed by atoms with E-state index in [1.165, 1.54) is 0 Å². The zero-order valence-electron chi connectivity index (χ0n) is 8.88. The van der Waals surface area contributed by atoms with Crippen LogP contribution in [0.3, 0.4) is 0 Å². The molecule has 1 N–H and O–H groups in total. The number of nitrogens with one attached hydrogen (secondary N) is 1. The highest BCUT2D eigenvalue weighted by molar-refractivity contribution is 6.01. The number of amides is 3. The fraction of sp³-hybridized carbons (Fsp3) is 0.182. The van der Waals surface area contributed by atoms with Crippen molar-refractivity contribution in [3.05, 3.63) is 30.3 Å². The third-order valence-electron chi connectivity index (χ3n) is 2.15. The third kappa shape index (κ3) is 2.81. The van der Waals surface area contributed by atoms with E-state index in [2.05, 4.69) is 5.32 Å². The summed E-state index contributed by atoms with van der Waals surface area (Å²) in [5, 5.41) is 2.10. The Balaban J connectivity index is 2.00. The minimum atomic E-state index is -0.709. The summed E-state index contributed by atoms with van der Waals surface area (Å²) in [7, 11) is 0. The van der Waals surface area contributed by atoms with E-state index < -0.39 is 17.9 Å². The van der Waals surface area contributed by atoms with Gasteiger partial charge in [0, 0.05) is 0 Å². The molecule has 1 aliphatic heterocycles. The Labute approximate surface area is 97.2 Å². The Hall–Kier alpha value is -2.37. The van der Waals surface area contributed by atoms with E-state index >= 15 is 0 Å². The quantitative estimate of drug-likeness (QED) is 0.701. The number of imide groups is 1. The van der Waals surface area contributed by atoms with E-state index in [1.807, 2.05) is 0 Å². The molecule has 2 rings (SSSR count). The molecule has 1 aromatic carbocycles. The van der Waals surface area contributed by atoms with Crippen molar-refractivity contribution in [2.45, 2.75) is 0 Å². The molecule has 1 aliphatic rings.